The van der Waals surface area contributed by atoms with Gasteiger partial charge in [0.1, 0.15) is 0 Å². The average molecular weight is 176 g/mol. The van der Waals surface area contributed by atoms with Crippen LogP contribution in [0.1, 0.15) is 34.1 Å². The lowest BCUT2D eigenvalue weighted by Gasteiger charge is -2.33. The number of hydrogen-bond acceptors (Lipinski definition) is 0. The normalized spacial score (nSPS) is 31.2. The van der Waals surface area contributed by atoms with Gasteiger partial charge in [-0.25, -0.2) is 0 Å². The second-order valence-corrected chi connectivity index (χ2v) is 4.88. The highest BCUT2D eigenvalue weighted by Crippen LogP contribution is 2.40. The summed E-state index contributed by atoms with van der Waals surface area (Å²) in [6.45, 7) is 12.8. The van der Waals surface area contributed by atoms with Crippen molar-refractivity contribution in [3.8, 4) is 0 Å². The molecule has 0 heterocycles. The predicted molar refractivity (Wildman–Crippen MR) is 59.6 cm³/mol. The van der Waals surface area contributed by atoms with Gasteiger partial charge in [-0.05, 0) is 13.3 Å². The maximum atomic E-state index is 3.80. The Bertz CT molecular complexity index is 266. The van der Waals surface area contributed by atoms with Gasteiger partial charge in [-0.1, -0.05) is 50.6 Å². The van der Waals surface area contributed by atoms with E-state index in [1.54, 1.807) is 0 Å². The van der Waals surface area contributed by atoms with Gasteiger partial charge in [-0.3, -0.25) is 0 Å². The standard InChI is InChI=1S/C13H20/c1-6-7-13(5)9-8-12(3,4)11(2)10-13/h6,8-10H,1,7H2,2-5H3. The molecule has 0 saturated carbocycles. The Kier molecular flexibility index (Phi) is 2.51. The quantitative estimate of drug-likeness (QED) is 0.555. The van der Waals surface area contributed by atoms with Crippen LogP contribution in [0.25, 0.3) is 0 Å². The molecule has 0 fully saturated rings. The molecule has 0 saturated heterocycles. The molecule has 0 spiro atoms. The summed E-state index contributed by atoms with van der Waals surface area (Å²) in [5.41, 5.74) is 1.89. The van der Waals surface area contributed by atoms with Gasteiger partial charge in [0.25, 0.3) is 0 Å². The Hall–Kier alpha value is -0.780. The first-order valence-corrected chi connectivity index (χ1v) is 4.91. The Balaban J connectivity index is 2.94. The molecule has 0 N–H and O–H groups in total. The fourth-order valence-corrected chi connectivity index (χ4v) is 1.70. The largest absolute Gasteiger partial charge is 0.103 e. The topological polar surface area (TPSA) is 0 Å². The van der Waals surface area contributed by atoms with Crippen molar-refractivity contribution in [1.82, 2.24) is 0 Å². The van der Waals surface area contributed by atoms with Crippen molar-refractivity contribution in [3.63, 3.8) is 0 Å². The zero-order valence-corrected chi connectivity index (χ0v) is 9.22. The first kappa shape index (κ1) is 10.3. The van der Waals surface area contributed by atoms with Crippen LogP contribution in [0, 0.1) is 10.8 Å². The van der Waals surface area contributed by atoms with E-state index in [0.29, 0.717) is 0 Å². The molecule has 72 valence electrons. The number of allylic oxidation sites excluding steroid dienone is 5. The molecule has 0 heteroatoms. The van der Waals surface area contributed by atoms with E-state index in [1.165, 1.54) is 5.57 Å². The molecule has 1 atom stereocenters. The minimum Gasteiger partial charge on any atom is -0.103 e. The Labute approximate surface area is 82.0 Å². The van der Waals surface area contributed by atoms with E-state index in [2.05, 4.69) is 52.5 Å². The van der Waals surface area contributed by atoms with Gasteiger partial charge >= 0.3 is 0 Å². The minimum atomic E-state index is 0.196. The highest BCUT2D eigenvalue weighted by molar-refractivity contribution is 5.30. The van der Waals surface area contributed by atoms with Gasteiger partial charge in [-0.2, -0.15) is 0 Å². The molecule has 13 heavy (non-hydrogen) atoms. The summed E-state index contributed by atoms with van der Waals surface area (Å²) in [7, 11) is 0. The molecule has 1 unspecified atom stereocenters. The summed E-state index contributed by atoms with van der Waals surface area (Å²) in [5.74, 6) is 0. The lowest BCUT2D eigenvalue weighted by molar-refractivity contribution is 0.480. The number of hydrogen-bond donors (Lipinski definition) is 0. The van der Waals surface area contributed by atoms with Crippen LogP contribution in [0.2, 0.25) is 0 Å². The van der Waals surface area contributed by atoms with E-state index in [9.17, 15) is 0 Å². The molecular weight excluding hydrogens is 156 g/mol. The highest BCUT2D eigenvalue weighted by Gasteiger charge is 2.27. The molecule has 0 aromatic rings. The van der Waals surface area contributed by atoms with Gasteiger partial charge in [0.05, 0.1) is 0 Å². The Morgan fingerprint density at radius 2 is 1.92 bits per heavy atom. The zero-order valence-electron chi connectivity index (χ0n) is 9.22. The first-order valence-electron chi connectivity index (χ1n) is 4.91. The van der Waals surface area contributed by atoms with Gasteiger partial charge in [0, 0.05) is 10.8 Å². The molecule has 0 bridgehead atoms. The second-order valence-electron chi connectivity index (χ2n) is 4.88. The van der Waals surface area contributed by atoms with Crippen LogP contribution in [0.15, 0.2) is 36.5 Å². The lowest BCUT2D eigenvalue weighted by Crippen LogP contribution is -2.21. The first-order chi connectivity index (χ1) is 5.90. The van der Waals surface area contributed by atoms with E-state index in [0.717, 1.165) is 6.42 Å². The Morgan fingerprint density at radius 1 is 1.31 bits per heavy atom. The van der Waals surface area contributed by atoms with Gasteiger partial charge in [0.15, 0.2) is 0 Å². The molecule has 0 aliphatic heterocycles. The minimum absolute atomic E-state index is 0.196. The molecule has 0 radical (unpaired) electrons. The highest BCUT2D eigenvalue weighted by atomic mass is 14.3. The van der Waals surface area contributed by atoms with Crippen molar-refractivity contribution < 1.29 is 0 Å². The van der Waals surface area contributed by atoms with Crippen LogP contribution in [-0.2, 0) is 0 Å². The summed E-state index contributed by atoms with van der Waals surface area (Å²) < 4.78 is 0. The fraction of sp³-hybridized carbons (Fsp3) is 0.538. The fourth-order valence-electron chi connectivity index (χ4n) is 1.70. The maximum Gasteiger partial charge on any atom is 0.00702 e. The molecule has 0 amide bonds. The second kappa shape index (κ2) is 3.17. The van der Waals surface area contributed by atoms with Crippen molar-refractivity contribution in [2.24, 2.45) is 10.8 Å². The van der Waals surface area contributed by atoms with Gasteiger partial charge in [-0.15, -0.1) is 6.58 Å². The van der Waals surface area contributed by atoms with Crippen molar-refractivity contribution in [2.75, 3.05) is 0 Å². The third-order valence-electron chi connectivity index (χ3n) is 3.03. The van der Waals surface area contributed by atoms with Crippen LogP contribution in [-0.4, -0.2) is 0 Å². The van der Waals surface area contributed by atoms with E-state index >= 15 is 0 Å². The maximum absolute atomic E-state index is 3.80. The van der Waals surface area contributed by atoms with Crippen LogP contribution in [0.3, 0.4) is 0 Å². The van der Waals surface area contributed by atoms with Crippen LogP contribution < -0.4 is 0 Å². The van der Waals surface area contributed by atoms with E-state index in [1.807, 2.05) is 6.08 Å². The number of rotatable bonds is 2. The smallest absolute Gasteiger partial charge is 0.00702 e. The van der Waals surface area contributed by atoms with Crippen molar-refractivity contribution in [3.05, 3.63) is 36.5 Å². The molecule has 0 nitrogen and oxygen atoms in total. The third kappa shape index (κ3) is 2.12. The van der Waals surface area contributed by atoms with E-state index in [-0.39, 0.29) is 10.8 Å². The zero-order chi connectivity index (χ0) is 10.1. The third-order valence-corrected chi connectivity index (χ3v) is 3.03. The summed E-state index contributed by atoms with van der Waals surface area (Å²) in [6, 6.07) is 0. The Morgan fingerprint density at radius 3 is 2.38 bits per heavy atom. The van der Waals surface area contributed by atoms with E-state index < -0.39 is 0 Å². The molecule has 1 rings (SSSR count). The van der Waals surface area contributed by atoms with Gasteiger partial charge < -0.3 is 0 Å². The molecule has 0 aromatic heterocycles. The molecular formula is C13H20. The molecule has 0 aromatic carbocycles. The molecule has 1 aliphatic rings. The summed E-state index contributed by atoms with van der Waals surface area (Å²) in [6.07, 6.45) is 10.0. The van der Waals surface area contributed by atoms with Crippen molar-refractivity contribution in [1.29, 1.82) is 0 Å². The van der Waals surface area contributed by atoms with Gasteiger partial charge in [0.2, 0.25) is 0 Å². The van der Waals surface area contributed by atoms with Crippen molar-refractivity contribution >= 4 is 0 Å². The summed E-state index contributed by atoms with van der Waals surface area (Å²) in [5, 5.41) is 0. The average Bonchev–Trinajstić information content (AvgIpc) is 1.99. The van der Waals surface area contributed by atoms with Crippen LogP contribution in [0.5, 0.6) is 0 Å². The predicted octanol–water partition coefficient (Wildman–Crippen LogP) is 4.11. The SMILES string of the molecule is C=CCC1(C)C=CC(C)(C)C(C)=C1. The van der Waals surface area contributed by atoms with Crippen LogP contribution >= 0.6 is 0 Å². The monoisotopic (exact) mass is 176 g/mol. The van der Waals surface area contributed by atoms with Crippen molar-refractivity contribution in [2.45, 2.75) is 34.1 Å². The van der Waals surface area contributed by atoms with Crippen LogP contribution in [0.4, 0.5) is 0 Å². The lowest BCUT2D eigenvalue weighted by atomic mass is 9.72. The van der Waals surface area contributed by atoms with E-state index in [4.69, 9.17) is 0 Å². The molecule has 1 aliphatic carbocycles. The summed E-state index contributed by atoms with van der Waals surface area (Å²) in [4.78, 5) is 0. The summed E-state index contributed by atoms with van der Waals surface area (Å²) >= 11 is 0.